The molecule has 0 atom stereocenters. The van der Waals surface area contributed by atoms with Crippen LogP contribution in [0.3, 0.4) is 0 Å². The summed E-state index contributed by atoms with van der Waals surface area (Å²) in [4.78, 5) is 0. The molecule has 14 heavy (non-hydrogen) atoms. The van der Waals surface area contributed by atoms with Crippen LogP contribution in [0.25, 0.3) is 0 Å². The second-order valence-electron chi connectivity index (χ2n) is 3.65. The van der Waals surface area contributed by atoms with Gasteiger partial charge in [0.2, 0.25) is 0 Å². The average Bonchev–Trinajstić information content (AvgIpc) is 2.19. The summed E-state index contributed by atoms with van der Waals surface area (Å²) in [5.41, 5.74) is -0.0476. The highest BCUT2D eigenvalue weighted by atomic mass is 19.1. The lowest BCUT2D eigenvalue weighted by Gasteiger charge is -2.32. The van der Waals surface area contributed by atoms with E-state index in [1.807, 2.05) is 0 Å². The van der Waals surface area contributed by atoms with Crippen LogP contribution < -0.4 is 0 Å². The molecule has 0 bridgehead atoms. The summed E-state index contributed by atoms with van der Waals surface area (Å²) in [6.45, 7) is 1.13. The van der Waals surface area contributed by atoms with E-state index in [2.05, 4.69) is 0 Å². The first-order valence-electron chi connectivity index (χ1n) is 4.77. The second kappa shape index (κ2) is 3.67. The molecular formula is C11H13FO2. The summed E-state index contributed by atoms with van der Waals surface area (Å²) in [6, 6.07) is 6.03. The Morgan fingerprint density at radius 1 is 1.14 bits per heavy atom. The van der Waals surface area contributed by atoms with E-state index in [0.29, 0.717) is 26.1 Å². The van der Waals surface area contributed by atoms with Crippen molar-refractivity contribution in [1.29, 1.82) is 0 Å². The standard InChI is InChI=1S/C11H13FO2/c12-10-3-1-9(2-4-10)11(13)5-7-14-8-6-11/h1-4,13H,5-8H2. The number of benzene rings is 1. The molecule has 2 nitrogen and oxygen atoms in total. The Morgan fingerprint density at radius 2 is 1.71 bits per heavy atom. The molecule has 0 unspecified atom stereocenters. The molecule has 0 spiro atoms. The first-order chi connectivity index (χ1) is 6.71. The maximum atomic E-state index is 12.7. The minimum Gasteiger partial charge on any atom is -0.385 e. The Hall–Kier alpha value is -0.930. The number of hydrogen-bond acceptors (Lipinski definition) is 2. The topological polar surface area (TPSA) is 29.5 Å². The zero-order valence-electron chi connectivity index (χ0n) is 7.87. The van der Waals surface area contributed by atoms with Gasteiger partial charge in [0.15, 0.2) is 0 Å². The van der Waals surface area contributed by atoms with Crippen molar-refractivity contribution in [2.75, 3.05) is 13.2 Å². The predicted molar refractivity (Wildman–Crippen MR) is 50.3 cm³/mol. The summed E-state index contributed by atoms with van der Waals surface area (Å²) in [5.74, 6) is -0.274. The SMILES string of the molecule is OC1(c2ccc(F)cc2)CCOCC1. The van der Waals surface area contributed by atoms with Crippen molar-refractivity contribution >= 4 is 0 Å². The van der Waals surface area contributed by atoms with Crippen molar-refractivity contribution in [1.82, 2.24) is 0 Å². The summed E-state index contributed by atoms with van der Waals surface area (Å²) in [7, 11) is 0. The van der Waals surface area contributed by atoms with Gasteiger partial charge in [0, 0.05) is 26.1 Å². The number of hydrogen-bond donors (Lipinski definition) is 1. The van der Waals surface area contributed by atoms with E-state index in [1.54, 1.807) is 12.1 Å². The lowest BCUT2D eigenvalue weighted by atomic mass is 9.86. The van der Waals surface area contributed by atoms with Crippen molar-refractivity contribution in [3.05, 3.63) is 35.6 Å². The van der Waals surface area contributed by atoms with Crippen LogP contribution in [0.1, 0.15) is 18.4 Å². The fraction of sp³-hybridized carbons (Fsp3) is 0.455. The summed E-state index contributed by atoms with van der Waals surface area (Å²) >= 11 is 0. The van der Waals surface area contributed by atoms with Crippen LogP contribution in [0, 0.1) is 5.82 Å². The Kier molecular flexibility index (Phi) is 2.52. The van der Waals surface area contributed by atoms with Crippen molar-refractivity contribution in [3.63, 3.8) is 0 Å². The molecule has 1 aromatic rings. The molecule has 1 aliphatic rings. The van der Waals surface area contributed by atoms with Gasteiger partial charge in [-0.25, -0.2) is 4.39 Å². The number of aliphatic hydroxyl groups is 1. The van der Waals surface area contributed by atoms with Gasteiger partial charge in [-0.15, -0.1) is 0 Å². The van der Waals surface area contributed by atoms with Crippen LogP contribution in [0.4, 0.5) is 4.39 Å². The summed E-state index contributed by atoms with van der Waals surface area (Å²) in [5, 5.41) is 10.2. The first-order valence-corrected chi connectivity index (χ1v) is 4.77. The molecule has 0 aliphatic carbocycles. The van der Waals surface area contributed by atoms with E-state index in [0.717, 1.165) is 5.56 Å². The lowest BCUT2D eigenvalue weighted by Crippen LogP contribution is -2.33. The average molecular weight is 196 g/mol. The van der Waals surface area contributed by atoms with Crippen LogP contribution in [-0.2, 0) is 10.3 Å². The smallest absolute Gasteiger partial charge is 0.123 e. The highest BCUT2D eigenvalue weighted by Gasteiger charge is 2.31. The van der Waals surface area contributed by atoms with E-state index < -0.39 is 5.60 Å². The molecule has 76 valence electrons. The molecule has 1 saturated heterocycles. The monoisotopic (exact) mass is 196 g/mol. The van der Waals surface area contributed by atoms with Gasteiger partial charge in [-0.3, -0.25) is 0 Å². The van der Waals surface area contributed by atoms with Gasteiger partial charge in [0.05, 0.1) is 5.60 Å². The van der Waals surface area contributed by atoms with E-state index in [1.165, 1.54) is 12.1 Å². The minimum atomic E-state index is -0.827. The van der Waals surface area contributed by atoms with Crippen molar-refractivity contribution in [2.24, 2.45) is 0 Å². The van der Waals surface area contributed by atoms with Crippen LogP contribution in [0.2, 0.25) is 0 Å². The van der Waals surface area contributed by atoms with Crippen molar-refractivity contribution in [3.8, 4) is 0 Å². The fourth-order valence-electron chi connectivity index (χ4n) is 1.76. The molecule has 1 aliphatic heterocycles. The summed E-state index contributed by atoms with van der Waals surface area (Å²) < 4.78 is 17.8. The molecule has 1 fully saturated rings. The fourth-order valence-corrected chi connectivity index (χ4v) is 1.76. The molecule has 3 heteroatoms. The molecule has 0 saturated carbocycles. The zero-order chi connectivity index (χ0) is 10.0. The highest BCUT2D eigenvalue weighted by Crippen LogP contribution is 2.31. The van der Waals surface area contributed by atoms with E-state index >= 15 is 0 Å². The Balaban J connectivity index is 2.23. The minimum absolute atomic E-state index is 0.274. The molecule has 1 aromatic carbocycles. The van der Waals surface area contributed by atoms with Crippen LogP contribution in [0.5, 0.6) is 0 Å². The van der Waals surface area contributed by atoms with Crippen LogP contribution >= 0.6 is 0 Å². The van der Waals surface area contributed by atoms with Crippen LogP contribution in [-0.4, -0.2) is 18.3 Å². The van der Waals surface area contributed by atoms with Crippen molar-refractivity contribution in [2.45, 2.75) is 18.4 Å². The van der Waals surface area contributed by atoms with E-state index in [9.17, 15) is 9.50 Å². The summed E-state index contributed by atoms with van der Waals surface area (Å²) in [6.07, 6.45) is 1.16. The first kappa shape index (κ1) is 9.62. The second-order valence-corrected chi connectivity index (χ2v) is 3.65. The third-order valence-corrected chi connectivity index (χ3v) is 2.70. The predicted octanol–water partition coefficient (Wildman–Crippen LogP) is 1.82. The molecule has 0 radical (unpaired) electrons. The van der Waals surface area contributed by atoms with E-state index in [4.69, 9.17) is 4.74 Å². The molecule has 2 rings (SSSR count). The van der Waals surface area contributed by atoms with Gasteiger partial charge in [-0.1, -0.05) is 12.1 Å². The Morgan fingerprint density at radius 3 is 2.29 bits per heavy atom. The number of halogens is 1. The van der Waals surface area contributed by atoms with Crippen molar-refractivity contribution < 1.29 is 14.2 Å². The van der Waals surface area contributed by atoms with Gasteiger partial charge in [-0.2, -0.15) is 0 Å². The molecule has 0 amide bonds. The van der Waals surface area contributed by atoms with Gasteiger partial charge in [-0.05, 0) is 17.7 Å². The van der Waals surface area contributed by atoms with E-state index in [-0.39, 0.29) is 5.82 Å². The third-order valence-electron chi connectivity index (χ3n) is 2.70. The van der Waals surface area contributed by atoms with Gasteiger partial charge >= 0.3 is 0 Å². The molecular weight excluding hydrogens is 183 g/mol. The Labute approximate surface area is 82.3 Å². The number of rotatable bonds is 1. The quantitative estimate of drug-likeness (QED) is 0.742. The van der Waals surface area contributed by atoms with Gasteiger partial charge in [0.25, 0.3) is 0 Å². The Bertz CT molecular complexity index is 302. The lowest BCUT2D eigenvalue weighted by molar-refractivity contribution is -0.0679. The van der Waals surface area contributed by atoms with Gasteiger partial charge < -0.3 is 9.84 Å². The number of ether oxygens (including phenoxy) is 1. The maximum absolute atomic E-state index is 12.7. The third kappa shape index (κ3) is 1.79. The molecule has 1 heterocycles. The molecule has 1 N–H and O–H groups in total. The largest absolute Gasteiger partial charge is 0.385 e. The highest BCUT2D eigenvalue weighted by molar-refractivity contribution is 5.23. The molecule has 0 aromatic heterocycles. The van der Waals surface area contributed by atoms with Gasteiger partial charge in [0.1, 0.15) is 5.82 Å². The van der Waals surface area contributed by atoms with Crippen LogP contribution in [0.15, 0.2) is 24.3 Å². The zero-order valence-corrected chi connectivity index (χ0v) is 7.87. The maximum Gasteiger partial charge on any atom is 0.123 e. The normalized spacial score (nSPS) is 20.7.